The van der Waals surface area contributed by atoms with Gasteiger partial charge in [0.25, 0.3) is 5.91 Å². The normalized spacial score (nSPS) is 20.1. The van der Waals surface area contributed by atoms with Crippen molar-refractivity contribution in [3.63, 3.8) is 0 Å². The molecule has 25 heavy (non-hydrogen) atoms. The minimum Gasteiger partial charge on any atom is -0.349 e. The zero-order valence-corrected chi connectivity index (χ0v) is 15.2. The molecule has 4 nitrogen and oxygen atoms in total. The molecule has 0 unspecified atom stereocenters. The number of nitrogens with one attached hydrogen (secondary N) is 1. The number of halogens is 2. The maximum atomic E-state index is 13.3. The number of carbonyl (C=O) groups is 1. The van der Waals surface area contributed by atoms with Crippen molar-refractivity contribution < 1.29 is 4.79 Å². The Hall–Kier alpha value is -1.75. The van der Waals surface area contributed by atoms with E-state index in [0.29, 0.717) is 22.2 Å². The van der Waals surface area contributed by atoms with E-state index in [1.807, 2.05) is 41.3 Å². The van der Waals surface area contributed by atoms with Gasteiger partial charge in [0.05, 0.1) is 16.3 Å². The summed E-state index contributed by atoms with van der Waals surface area (Å²) in [4.78, 5) is 17.5. The predicted octanol–water partition coefficient (Wildman–Crippen LogP) is 3.78. The molecule has 0 spiro atoms. The lowest BCUT2D eigenvalue weighted by Crippen LogP contribution is -2.55. The van der Waals surface area contributed by atoms with Crippen molar-refractivity contribution in [1.82, 2.24) is 10.2 Å². The first-order valence-corrected chi connectivity index (χ1v) is 9.22. The van der Waals surface area contributed by atoms with Gasteiger partial charge in [-0.2, -0.15) is 0 Å². The number of hydrogen-bond donors (Lipinski definition) is 1. The molecule has 2 heterocycles. The maximum Gasteiger partial charge on any atom is 0.259 e. The van der Waals surface area contributed by atoms with Gasteiger partial charge in [0.1, 0.15) is 6.17 Å². The fourth-order valence-electron chi connectivity index (χ4n) is 3.70. The number of rotatable bonds is 2. The van der Waals surface area contributed by atoms with E-state index in [0.717, 1.165) is 37.3 Å². The van der Waals surface area contributed by atoms with Gasteiger partial charge in [-0.1, -0.05) is 53.5 Å². The van der Waals surface area contributed by atoms with Crippen molar-refractivity contribution in [3.05, 3.63) is 63.6 Å². The van der Waals surface area contributed by atoms with Crippen molar-refractivity contribution in [3.8, 4) is 0 Å². The standard InChI is InChI=1S/C19H19Cl2N3O/c20-14-10-15(21)18-16(11-14)23-9-8-22-7-6-17(23)24(19(18)25)12-13-4-2-1-3-5-13/h1-5,10-11,17,22H,6-9,12H2/t17-/m0/s1. The van der Waals surface area contributed by atoms with E-state index in [1.54, 1.807) is 6.07 Å². The lowest BCUT2D eigenvalue weighted by atomic mass is 10.0. The van der Waals surface area contributed by atoms with E-state index in [1.165, 1.54) is 0 Å². The van der Waals surface area contributed by atoms with Gasteiger partial charge in [-0.15, -0.1) is 0 Å². The van der Waals surface area contributed by atoms with Gasteiger partial charge in [0.15, 0.2) is 0 Å². The van der Waals surface area contributed by atoms with Gasteiger partial charge in [-0.25, -0.2) is 0 Å². The van der Waals surface area contributed by atoms with Gasteiger partial charge in [0, 0.05) is 24.7 Å². The Balaban J connectivity index is 1.80. The van der Waals surface area contributed by atoms with Crippen LogP contribution in [0.15, 0.2) is 42.5 Å². The zero-order chi connectivity index (χ0) is 17.4. The zero-order valence-electron chi connectivity index (χ0n) is 13.7. The third-order valence-corrected chi connectivity index (χ3v) is 5.36. The number of anilines is 1. The summed E-state index contributed by atoms with van der Waals surface area (Å²) >= 11 is 12.6. The molecule has 6 heteroatoms. The maximum absolute atomic E-state index is 13.3. The Labute approximate surface area is 157 Å². The summed E-state index contributed by atoms with van der Waals surface area (Å²) in [5.74, 6) is -0.0244. The average molecular weight is 376 g/mol. The monoisotopic (exact) mass is 375 g/mol. The molecular formula is C19H19Cl2N3O. The third kappa shape index (κ3) is 3.10. The fourth-order valence-corrected chi connectivity index (χ4v) is 4.26. The lowest BCUT2D eigenvalue weighted by Gasteiger charge is -2.45. The average Bonchev–Trinajstić information content (AvgIpc) is 2.85. The van der Waals surface area contributed by atoms with Crippen LogP contribution < -0.4 is 10.2 Å². The summed E-state index contributed by atoms with van der Waals surface area (Å²) in [6.07, 6.45) is 0.868. The summed E-state index contributed by atoms with van der Waals surface area (Å²) in [6, 6.07) is 13.6. The molecule has 0 radical (unpaired) electrons. The minimum absolute atomic E-state index is 0.00439. The van der Waals surface area contributed by atoms with Crippen molar-refractivity contribution in [2.75, 3.05) is 24.5 Å². The van der Waals surface area contributed by atoms with E-state index in [2.05, 4.69) is 10.2 Å². The molecule has 1 amide bonds. The van der Waals surface area contributed by atoms with Crippen LogP contribution in [-0.4, -0.2) is 36.6 Å². The minimum atomic E-state index is -0.0244. The van der Waals surface area contributed by atoms with Crippen molar-refractivity contribution in [1.29, 1.82) is 0 Å². The van der Waals surface area contributed by atoms with Crippen LogP contribution in [0.3, 0.4) is 0 Å². The molecular weight excluding hydrogens is 357 g/mol. The highest BCUT2D eigenvalue weighted by molar-refractivity contribution is 6.38. The van der Waals surface area contributed by atoms with E-state index in [-0.39, 0.29) is 12.1 Å². The van der Waals surface area contributed by atoms with E-state index >= 15 is 0 Å². The molecule has 1 atom stereocenters. The van der Waals surface area contributed by atoms with Crippen LogP contribution in [0, 0.1) is 0 Å². The Bertz CT molecular complexity index is 797. The molecule has 2 aliphatic heterocycles. The second kappa shape index (κ2) is 6.87. The second-order valence-electron chi connectivity index (χ2n) is 6.41. The fraction of sp³-hybridized carbons (Fsp3) is 0.316. The van der Waals surface area contributed by atoms with Crippen molar-refractivity contribution >= 4 is 34.8 Å². The van der Waals surface area contributed by atoms with Crippen molar-refractivity contribution in [2.45, 2.75) is 19.1 Å². The SMILES string of the molecule is O=C1c2c(Cl)cc(Cl)cc2N2CCNCC[C@@H]2N1Cc1ccccc1. The highest BCUT2D eigenvalue weighted by atomic mass is 35.5. The summed E-state index contributed by atoms with van der Waals surface area (Å²) < 4.78 is 0. The second-order valence-corrected chi connectivity index (χ2v) is 7.26. The third-order valence-electron chi connectivity index (χ3n) is 4.84. The van der Waals surface area contributed by atoms with Gasteiger partial charge in [0.2, 0.25) is 0 Å². The Morgan fingerprint density at radius 1 is 1.12 bits per heavy atom. The molecule has 0 aliphatic carbocycles. The largest absolute Gasteiger partial charge is 0.349 e. The topological polar surface area (TPSA) is 35.6 Å². The number of nitrogens with zero attached hydrogens (tertiary/aromatic N) is 2. The van der Waals surface area contributed by atoms with E-state index < -0.39 is 0 Å². The first-order valence-electron chi connectivity index (χ1n) is 8.46. The highest BCUT2D eigenvalue weighted by Gasteiger charge is 2.39. The Morgan fingerprint density at radius 3 is 2.72 bits per heavy atom. The molecule has 1 N–H and O–H groups in total. The predicted molar refractivity (Wildman–Crippen MR) is 101 cm³/mol. The van der Waals surface area contributed by atoms with Gasteiger partial charge >= 0.3 is 0 Å². The van der Waals surface area contributed by atoms with Gasteiger partial charge in [-0.3, -0.25) is 4.79 Å². The van der Waals surface area contributed by atoms with Crippen LogP contribution in [0.4, 0.5) is 5.69 Å². The van der Waals surface area contributed by atoms with Crippen LogP contribution in [0.25, 0.3) is 0 Å². The number of fused-ring (bicyclic) bond motifs is 3. The van der Waals surface area contributed by atoms with Crippen LogP contribution in [-0.2, 0) is 6.54 Å². The highest BCUT2D eigenvalue weighted by Crippen LogP contribution is 2.39. The molecule has 0 aromatic heterocycles. The van der Waals surface area contributed by atoms with Crippen molar-refractivity contribution in [2.24, 2.45) is 0 Å². The van der Waals surface area contributed by atoms with Crippen LogP contribution in [0.2, 0.25) is 10.0 Å². The summed E-state index contributed by atoms with van der Waals surface area (Å²) in [7, 11) is 0. The molecule has 2 aliphatic rings. The number of hydrogen-bond acceptors (Lipinski definition) is 3. The number of amides is 1. The molecule has 1 fully saturated rings. The lowest BCUT2D eigenvalue weighted by molar-refractivity contribution is 0.0628. The van der Waals surface area contributed by atoms with E-state index in [4.69, 9.17) is 23.2 Å². The molecule has 1 saturated heterocycles. The Kier molecular flexibility index (Phi) is 4.59. The molecule has 130 valence electrons. The first-order chi connectivity index (χ1) is 12.1. The van der Waals surface area contributed by atoms with Crippen LogP contribution in [0.5, 0.6) is 0 Å². The van der Waals surface area contributed by atoms with E-state index in [9.17, 15) is 4.79 Å². The van der Waals surface area contributed by atoms with Gasteiger partial charge < -0.3 is 15.1 Å². The first kappa shape index (κ1) is 16.7. The summed E-state index contributed by atoms with van der Waals surface area (Å²) in [6.45, 7) is 3.13. The molecule has 0 saturated carbocycles. The number of carbonyl (C=O) groups excluding carboxylic acids is 1. The molecule has 2 aromatic rings. The Morgan fingerprint density at radius 2 is 1.92 bits per heavy atom. The smallest absolute Gasteiger partial charge is 0.259 e. The van der Waals surface area contributed by atoms with Crippen LogP contribution >= 0.6 is 23.2 Å². The van der Waals surface area contributed by atoms with Gasteiger partial charge in [-0.05, 0) is 30.7 Å². The number of benzene rings is 2. The van der Waals surface area contributed by atoms with Crippen LogP contribution in [0.1, 0.15) is 22.3 Å². The summed E-state index contributed by atoms with van der Waals surface area (Å²) in [5, 5.41) is 4.39. The molecule has 0 bridgehead atoms. The summed E-state index contributed by atoms with van der Waals surface area (Å²) in [5.41, 5.74) is 2.52. The molecule has 2 aromatic carbocycles. The quantitative estimate of drug-likeness (QED) is 0.867. The molecule has 4 rings (SSSR count).